The van der Waals surface area contributed by atoms with Crippen LogP contribution in [0.2, 0.25) is 0 Å². The van der Waals surface area contributed by atoms with Gasteiger partial charge in [-0.05, 0) is 37.3 Å². The van der Waals surface area contributed by atoms with Crippen LogP contribution in [-0.4, -0.2) is 55.2 Å². The lowest BCUT2D eigenvalue weighted by atomic mass is 10.1. The van der Waals surface area contributed by atoms with Crippen molar-refractivity contribution >= 4 is 27.6 Å². The predicted octanol–water partition coefficient (Wildman–Crippen LogP) is 1.09. The van der Waals surface area contributed by atoms with Gasteiger partial charge in [-0.15, -0.1) is 0 Å². The summed E-state index contributed by atoms with van der Waals surface area (Å²) in [6.45, 7) is 1.10. The highest BCUT2D eigenvalue weighted by molar-refractivity contribution is 7.93. The second-order valence-corrected chi connectivity index (χ2v) is 9.47. The summed E-state index contributed by atoms with van der Waals surface area (Å²) in [5.74, 6) is -2.25. The summed E-state index contributed by atoms with van der Waals surface area (Å²) >= 11 is 0. The first kappa shape index (κ1) is 17.3. The molecule has 1 aromatic carbocycles. The van der Waals surface area contributed by atoms with E-state index in [0.717, 1.165) is 11.3 Å². The fourth-order valence-corrected chi connectivity index (χ4v) is 6.10. The second kappa shape index (κ2) is 6.26. The Hall–Kier alpha value is -2.09. The molecule has 0 spiro atoms. The Morgan fingerprint density at radius 1 is 1.12 bits per heavy atom. The van der Waals surface area contributed by atoms with Gasteiger partial charge in [0.25, 0.3) is 0 Å². The molecule has 0 radical (unpaired) electrons. The molecule has 8 heteroatoms. The molecule has 1 N–H and O–H groups in total. The van der Waals surface area contributed by atoms with Gasteiger partial charge in [-0.2, -0.15) is 0 Å². The third kappa shape index (κ3) is 2.86. The second-order valence-electron chi connectivity index (χ2n) is 7.33. The number of piperidine rings is 1. The monoisotopic (exact) mass is 378 g/mol. The lowest BCUT2D eigenvalue weighted by Crippen LogP contribution is -2.50. The molecular weight excluding hydrogens is 356 g/mol. The highest BCUT2D eigenvalue weighted by Crippen LogP contribution is 2.41. The third-order valence-electron chi connectivity index (χ3n) is 5.69. The molecule has 0 aromatic heterocycles. The molecule has 2 heterocycles. The number of hydrogen-bond donors (Lipinski definition) is 1. The van der Waals surface area contributed by atoms with E-state index in [4.69, 9.17) is 5.11 Å². The van der Waals surface area contributed by atoms with Crippen LogP contribution in [0.5, 0.6) is 0 Å². The van der Waals surface area contributed by atoms with Gasteiger partial charge in [0, 0.05) is 19.6 Å². The molecule has 0 bridgehead atoms. The zero-order valence-electron chi connectivity index (χ0n) is 14.4. The predicted molar refractivity (Wildman–Crippen MR) is 95.2 cm³/mol. The van der Waals surface area contributed by atoms with Gasteiger partial charge in [0.1, 0.15) is 0 Å². The molecule has 1 aromatic rings. The molecule has 1 saturated carbocycles. The lowest BCUT2D eigenvalue weighted by molar-refractivity contribution is -0.142. The molecule has 1 saturated heterocycles. The van der Waals surface area contributed by atoms with E-state index in [9.17, 15) is 18.0 Å². The molecular formula is C18H22N2O5S. The number of carbonyl (C=O) groups is 2. The number of para-hydroxylation sites is 1. The zero-order valence-corrected chi connectivity index (χ0v) is 15.2. The first-order valence-corrected chi connectivity index (χ1v) is 10.5. The Kier molecular flexibility index (Phi) is 4.17. The largest absolute Gasteiger partial charge is 0.481 e. The fourth-order valence-electron chi connectivity index (χ4n) is 4.11. The summed E-state index contributed by atoms with van der Waals surface area (Å²) in [4.78, 5) is 25.1. The average Bonchev–Trinajstić information content (AvgIpc) is 3.33. The van der Waals surface area contributed by atoms with Crippen molar-refractivity contribution in [1.82, 2.24) is 4.90 Å². The molecule has 1 aliphatic carbocycles. The van der Waals surface area contributed by atoms with Crippen molar-refractivity contribution in [3.05, 3.63) is 29.8 Å². The number of nitrogens with zero attached hydrogens (tertiary/aromatic N) is 2. The summed E-state index contributed by atoms with van der Waals surface area (Å²) in [7, 11) is -3.55. The molecule has 4 rings (SSSR count). The van der Waals surface area contributed by atoms with Crippen molar-refractivity contribution < 1.29 is 23.1 Å². The SMILES string of the molecule is O=C(O)C1CC1C(=O)N1CCCC(S(=O)(=O)N2CCc3ccccc32)C1. The number of sulfonamides is 1. The molecule has 2 fully saturated rings. The summed E-state index contributed by atoms with van der Waals surface area (Å²) < 4.78 is 27.8. The molecule has 1 amide bonds. The minimum atomic E-state index is -3.55. The Morgan fingerprint density at radius 2 is 1.88 bits per heavy atom. The standard InChI is InChI=1S/C18H22N2O5S/c21-17(14-10-15(14)18(22)23)19-8-3-5-13(11-19)26(24,25)20-9-7-12-4-1-2-6-16(12)20/h1-2,4,6,13-15H,3,5,7-11H2,(H,22,23). The van der Waals surface area contributed by atoms with Gasteiger partial charge in [-0.25, -0.2) is 8.42 Å². The molecule has 7 nitrogen and oxygen atoms in total. The number of carbonyl (C=O) groups excluding carboxylic acids is 1. The van der Waals surface area contributed by atoms with Gasteiger partial charge >= 0.3 is 5.97 Å². The van der Waals surface area contributed by atoms with Gasteiger partial charge < -0.3 is 10.0 Å². The number of amides is 1. The van der Waals surface area contributed by atoms with Crippen molar-refractivity contribution in [2.75, 3.05) is 23.9 Å². The Morgan fingerprint density at radius 3 is 2.62 bits per heavy atom. The van der Waals surface area contributed by atoms with E-state index in [1.807, 2.05) is 24.3 Å². The summed E-state index contributed by atoms with van der Waals surface area (Å²) in [6, 6.07) is 7.51. The van der Waals surface area contributed by atoms with Crippen molar-refractivity contribution in [1.29, 1.82) is 0 Å². The lowest BCUT2D eigenvalue weighted by Gasteiger charge is -2.35. The first-order chi connectivity index (χ1) is 12.4. The van der Waals surface area contributed by atoms with E-state index < -0.39 is 33.1 Å². The maximum atomic E-state index is 13.2. The van der Waals surface area contributed by atoms with Gasteiger partial charge in [0.2, 0.25) is 15.9 Å². The molecule has 2 aliphatic heterocycles. The molecule has 26 heavy (non-hydrogen) atoms. The summed E-state index contributed by atoms with van der Waals surface area (Å²) in [6.07, 6.45) is 2.21. The number of benzene rings is 1. The van der Waals surface area contributed by atoms with Crippen LogP contribution in [0.3, 0.4) is 0 Å². The van der Waals surface area contributed by atoms with Crippen molar-refractivity contribution in [2.45, 2.75) is 30.9 Å². The summed E-state index contributed by atoms with van der Waals surface area (Å²) in [5.41, 5.74) is 1.77. The number of anilines is 1. The third-order valence-corrected chi connectivity index (χ3v) is 7.91. The summed E-state index contributed by atoms with van der Waals surface area (Å²) in [5, 5.41) is 8.38. The van der Waals surface area contributed by atoms with Crippen LogP contribution in [-0.2, 0) is 26.0 Å². The number of carboxylic acid groups (broad SMARTS) is 1. The number of likely N-dealkylation sites (tertiary alicyclic amines) is 1. The van der Waals surface area contributed by atoms with Crippen LogP contribution in [0.15, 0.2) is 24.3 Å². The Balaban J connectivity index is 1.49. The van der Waals surface area contributed by atoms with E-state index in [2.05, 4.69) is 0 Å². The minimum absolute atomic E-state index is 0.155. The Bertz CT molecular complexity index is 853. The van der Waals surface area contributed by atoms with Gasteiger partial charge in [-0.3, -0.25) is 13.9 Å². The number of hydrogen-bond acceptors (Lipinski definition) is 4. The molecule has 140 valence electrons. The van der Waals surface area contributed by atoms with Gasteiger partial charge in [0.15, 0.2) is 0 Å². The van der Waals surface area contributed by atoms with E-state index in [0.29, 0.717) is 38.8 Å². The number of aliphatic carboxylic acids is 1. The van der Waals surface area contributed by atoms with Crippen LogP contribution in [0, 0.1) is 11.8 Å². The van der Waals surface area contributed by atoms with Crippen molar-refractivity contribution in [2.24, 2.45) is 11.8 Å². The average molecular weight is 378 g/mol. The van der Waals surface area contributed by atoms with Crippen LogP contribution < -0.4 is 4.31 Å². The van der Waals surface area contributed by atoms with Crippen LogP contribution in [0.25, 0.3) is 0 Å². The highest BCUT2D eigenvalue weighted by atomic mass is 32.2. The normalized spacial score (nSPS) is 27.9. The van der Waals surface area contributed by atoms with Crippen molar-refractivity contribution in [3.8, 4) is 0 Å². The number of rotatable bonds is 4. The van der Waals surface area contributed by atoms with E-state index >= 15 is 0 Å². The van der Waals surface area contributed by atoms with Gasteiger partial charge in [0.05, 0.1) is 22.8 Å². The zero-order chi connectivity index (χ0) is 18.5. The molecule has 3 unspecified atom stereocenters. The van der Waals surface area contributed by atoms with Crippen molar-refractivity contribution in [3.63, 3.8) is 0 Å². The topological polar surface area (TPSA) is 95.0 Å². The number of fused-ring (bicyclic) bond motifs is 1. The highest BCUT2D eigenvalue weighted by Gasteiger charge is 2.51. The molecule has 3 aliphatic rings. The number of carboxylic acids is 1. The van der Waals surface area contributed by atoms with Gasteiger partial charge in [-0.1, -0.05) is 18.2 Å². The minimum Gasteiger partial charge on any atom is -0.481 e. The molecule has 3 atom stereocenters. The smallest absolute Gasteiger partial charge is 0.307 e. The quantitative estimate of drug-likeness (QED) is 0.846. The van der Waals surface area contributed by atoms with Crippen LogP contribution in [0.1, 0.15) is 24.8 Å². The maximum Gasteiger partial charge on any atom is 0.307 e. The van der Waals surface area contributed by atoms with E-state index in [1.54, 1.807) is 4.90 Å². The van der Waals surface area contributed by atoms with E-state index in [1.165, 1.54) is 4.31 Å². The fraction of sp³-hybridized carbons (Fsp3) is 0.556. The van der Waals surface area contributed by atoms with Crippen LogP contribution >= 0.6 is 0 Å². The Labute approximate surface area is 152 Å². The van der Waals surface area contributed by atoms with E-state index in [-0.39, 0.29) is 12.5 Å². The maximum absolute atomic E-state index is 13.2. The van der Waals surface area contributed by atoms with Crippen LogP contribution in [0.4, 0.5) is 5.69 Å². The first-order valence-electron chi connectivity index (χ1n) is 9.00.